The summed E-state index contributed by atoms with van der Waals surface area (Å²) in [6, 6.07) is 19.9. The number of anilines is 3. The molecular formula is C19H20N4. The zero-order valence-corrected chi connectivity index (χ0v) is 13.3. The van der Waals surface area contributed by atoms with Gasteiger partial charge in [0.25, 0.3) is 0 Å². The first kappa shape index (κ1) is 15.0. The Morgan fingerprint density at radius 1 is 0.870 bits per heavy atom. The van der Waals surface area contributed by atoms with Crippen LogP contribution in [0.5, 0.6) is 0 Å². The maximum Gasteiger partial charge on any atom is 0.229 e. The summed E-state index contributed by atoms with van der Waals surface area (Å²) in [6.07, 6.45) is 0. The van der Waals surface area contributed by atoms with E-state index in [-0.39, 0.29) is 5.92 Å². The van der Waals surface area contributed by atoms with Crippen molar-refractivity contribution in [2.75, 3.05) is 11.1 Å². The molecule has 0 radical (unpaired) electrons. The molecule has 3 N–H and O–H groups in total. The Bertz CT molecular complexity index is 783. The van der Waals surface area contributed by atoms with Gasteiger partial charge in [-0.15, -0.1) is 0 Å². The normalized spacial score (nSPS) is 10.7. The lowest BCUT2D eigenvalue weighted by atomic mass is 9.97. The van der Waals surface area contributed by atoms with Crippen LogP contribution in [-0.4, -0.2) is 9.97 Å². The number of aromatic nitrogens is 2. The van der Waals surface area contributed by atoms with Crippen molar-refractivity contribution in [2.24, 2.45) is 0 Å². The van der Waals surface area contributed by atoms with Crippen LogP contribution in [0.2, 0.25) is 0 Å². The van der Waals surface area contributed by atoms with E-state index in [1.54, 1.807) is 0 Å². The van der Waals surface area contributed by atoms with Gasteiger partial charge in [0.2, 0.25) is 5.95 Å². The molecule has 3 rings (SSSR count). The Labute approximate surface area is 136 Å². The van der Waals surface area contributed by atoms with Crippen LogP contribution in [0.1, 0.15) is 25.3 Å². The lowest BCUT2D eigenvalue weighted by Gasteiger charge is -2.16. The second kappa shape index (κ2) is 6.48. The molecule has 116 valence electrons. The van der Waals surface area contributed by atoms with Gasteiger partial charge in [-0.2, -0.15) is 4.98 Å². The second-order valence-electron chi connectivity index (χ2n) is 5.71. The third-order valence-electron chi connectivity index (χ3n) is 3.63. The Morgan fingerprint density at radius 2 is 1.48 bits per heavy atom. The highest BCUT2D eigenvalue weighted by atomic mass is 15.1. The van der Waals surface area contributed by atoms with Crippen molar-refractivity contribution >= 4 is 17.5 Å². The van der Waals surface area contributed by atoms with Crippen LogP contribution in [0.4, 0.5) is 17.5 Å². The Hall–Kier alpha value is -2.88. The first-order valence-electron chi connectivity index (χ1n) is 7.70. The molecule has 1 aromatic heterocycles. The summed E-state index contributed by atoms with van der Waals surface area (Å²) in [5.41, 5.74) is 10.1. The molecule has 0 atom stereocenters. The third kappa shape index (κ3) is 3.31. The molecule has 0 bridgehead atoms. The van der Waals surface area contributed by atoms with E-state index in [2.05, 4.69) is 24.1 Å². The standard InChI is InChI=1S/C19H20N4/c1-13(2)16-17(14-9-5-3-6-10-14)22-19(23-18(16)20)21-15-11-7-4-8-12-15/h3-13H,1-2H3,(H3,20,21,22,23). The van der Waals surface area contributed by atoms with E-state index in [0.29, 0.717) is 11.8 Å². The van der Waals surface area contributed by atoms with Crippen molar-refractivity contribution in [1.29, 1.82) is 0 Å². The molecule has 0 saturated heterocycles. The molecule has 4 nitrogen and oxygen atoms in total. The predicted octanol–water partition coefficient (Wildman–Crippen LogP) is 4.59. The first-order valence-corrected chi connectivity index (χ1v) is 7.70. The summed E-state index contributed by atoms with van der Waals surface area (Å²) < 4.78 is 0. The summed E-state index contributed by atoms with van der Waals surface area (Å²) >= 11 is 0. The zero-order valence-electron chi connectivity index (χ0n) is 13.3. The minimum atomic E-state index is 0.246. The molecule has 1 heterocycles. The van der Waals surface area contributed by atoms with Gasteiger partial charge >= 0.3 is 0 Å². The quantitative estimate of drug-likeness (QED) is 0.739. The highest BCUT2D eigenvalue weighted by Gasteiger charge is 2.17. The maximum atomic E-state index is 6.22. The van der Waals surface area contributed by atoms with Gasteiger partial charge < -0.3 is 11.1 Å². The van der Waals surface area contributed by atoms with Gasteiger partial charge in [-0.1, -0.05) is 62.4 Å². The number of nitrogen functional groups attached to an aromatic ring is 1. The second-order valence-corrected chi connectivity index (χ2v) is 5.71. The van der Waals surface area contributed by atoms with E-state index in [0.717, 1.165) is 22.5 Å². The van der Waals surface area contributed by atoms with E-state index in [9.17, 15) is 0 Å². The monoisotopic (exact) mass is 304 g/mol. The maximum absolute atomic E-state index is 6.22. The SMILES string of the molecule is CC(C)c1c(N)nc(Nc2ccccc2)nc1-c1ccccc1. The molecule has 0 aliphatic heterocycles. The molecule has 0 unspecified atom stereocenters. The van der Waals surface area contributed by atoms with E-state index < -0.39 is 0 Å². The summed E-state index contributed by atoms with van der Waals surface area (Å²) in [7, 11) is 0. The van der Waals surface area contributed by atoms with Gasteiger partial charge in [0.05, 0.1) is 5.69 Å². The van der Waals surface area contributed by atoms with Crippen molar-refractivity contribution in [1.82, 2.24) is 9.97 Å². The Kier molecular flexibility index (Phi) is 4.24. The number of benzene rings is 2. The average Bonchev–Trinajstić information content (AvgIpc) is 2.55. The number of hydrogen-bond acceptors (Lipinski definition) is 4. The lowest BCUT2D eigenvalue weighted by Crippen LogP contribution is -2.08. The van der Waals surface area contributed by atoms with Crippen LogP contribution in [0.15, 0.2) is 60.7 Å². The summed E-state index contributed by atoms with van der Waals surface area (Å²) in [5.74, 6) is 1.28. The van der Waals surface area contributed by atoms with Crippen molar-refractivity contribution in [2.45, 2.75) is 19.8 Å². The van der Waals surface area contributed by atoms with Crippen molar-refractivity contribution in [3.63, 3.8) is 0 Å². The number of rotatable bonds is 4. The first-order chi connectivity index (χ1) is 11.1. The summed E-state index contributed by atoms with van der Waals surface area (Å²) in [6.45, 7) is 4.21. The molecular weight excluding hydrogens is 284 g/mol. The van der Waals surface area contributed by atoms with Gasteiger partial charge in [0.15, 0.2) is 0 Å². The fourth-order valence-electron chi connectivity index (χ4n) is 2.58. The molecule has 0 amide bonds. The molecule has 0 fully saturated rings. The average molecular weight is 304 g/mol. The highest BCUT2D eigenvalue weighted by Crippen LogP contribution is 2.32. The van der Waals surface area contributed by atoms with E-state index >= 15 is 0 Å². The fourth-order valence-corrected chi connectivity index (χ4v) is 2.58. The zero-order chi connectivity index (χ0) is 16.2. The van der Waals surface area contributed by atoms with Gasteiger partial charge in [0, 0.05) is 16.8 Å². The van der Waals surface area contributed by atoms with Gasteiger partial charge in [-0.25, -0.2) is 4.98 Å². The van der Waals surface area contributed by atoms with Gasteiger partial charge in [-0.3, -0.25) is 0 Å². The number of nitrogens with two attached hydrogens (primary N) is 1. The van der Waals surface area contributed by atoms with Gasteiger partial charge in [0.1, 0.15) is 5.82 Å². The van der Waals surface area contributed by atoms with Crippen LogP contribution in [0.3, 0.4) is 0 Å². The molecule has 0 aliphatic rings. The summed E-state index contributed by atoms with van der Waals surface area (Å²) in [5, 5.41) is 3.22. The number of hydrogen-bond donors (Lipinski definition) is 2. The smallest absolute Gasteiger partial charge is 0.229 e. The van der Waals surface area contributed by atoms with Crippen molar-refractivity contribution in [3.05, 3.63) is 66.2 Å². The molecule has 2 aromatic carbocycles. The number of nitrogens with one attached hydrogen (secondary N) is 1. The minimum absolute atomic E-state index is 0.246. The minimum Gasteiger partial charge on any atom is -0.383 e. The largest absolute Gasteiger partial charge is 0.383 e. The van der Waals surface area contributed by atoms with Crippen LogP contribution in [0, 0.1) is 0 Å². The van der Waals surface area contributed by atoms with Crippen LogP contribution >= 0.6 is 0 Å². The topological polar surface area (TPSA) is 63.8 Å². The van der Waals surface area contributed by atoms with Crippen LogP contribution in [-0.2, 0) is 0 Å². The van der Waals surface area contributed by atoms with E-state index in [4.69, 9.17) is 10.7 Å². The van der Waals surface area contributed by atoms with Crippen LogP contribution in [0.25, 0.3) is 11.3 Å². The molecule has 0 saturated carbocycles. The summed E-state index contributed by atoms with van der Waals surface area (Å²) in [4.78, 5) is 9.15. The fraction of sp³-hybridized carbons (Fsp3) is 0.158. The molecule has 23 heavy (non-hydrogen) atoms. The molecule has 3 aromatic rings. The number of para-hydroxylation sites is 1. The lowest BCUT2D eigenvalue weighted by molar-refractivity contribution is 0.856. The van der Waals surface area contributed by atoms with Gasteiger partial charge in [-0.05, 0) is 18.1 Å². The van der Waals surface area contributed by atoms with Crippen molar-refractivity contribution < 1.29 is 0 Å². The highest BCUT2D eigenvalue weighted by molar-refractivity contribution is 5.71. The number of nitrogens with zero attached hydrogens (tertiary/aromatic N) is 2. The van der Waals surface area contributed by atoms with E-state index in [1.165, 1.54) is 0 Å². The Morgan fingerprint density at radius 3 is 2.09 bits per heavy atom. The molecule has 0 aliphatic carbocycles. The van der Waals surface area contributed by atoms with Crippen LogP contribution < -0.4 is 11.1 Å². The Balaban J connectivity index is 2.09. The predicted molar refractivity (Wildman–Crippen MR) is 95.7 cm³/mol. The van der Waals surface area contributed by atoms with Crippen molar-refractivity contribution in [3.8, 4) is 11.3 Å². The third-order valence-corrected chi connectivity index (χ3v) is 3.63. The molecule has 4 heteroatoms. The molecule has 0 spiro atoms. The van der Waals surface area contributed by atoms with E-state index in [1.807, 2.05) is 60.7 Å².